The summed E-state index contributed by atoms with van der Waals surface area (Å²) >= 11 is 0. The Morgan fingerprint density at radius 3 is 0.966 bits per heavy atom. The molecular formula is C79H141NO8. The average Bonchev–Trinajstić information content (AvgIpc) is 3.54. The van der Waals surface area contributed by atoms with Crippen molar-refractivity contribution >= 4 is 17.9 Å². The van der Waals surface area contributed by atoms with Crippen LogP contribution in [0.5, 0.6) is 0 Å². The number of nitrogens with zero attached hydrogens (tertiary/aromatic N) is 1. The van der Waals surface area contributed by atoms with Crippen LogP contribution in [0.1, 0.15) is 341 Å². The fourth-order valence-corrected chi connectivity index (χ4v) is 10.8. The van der Waals surface area contributed by atoms with Gasteiger partial charge in [0.25, 0.3) is 0 Å². The lowest BCUT2D eigenvalue weighted by Crippen LogP contribution is -2.44. The number of carboxylic acid groups (broad SMARTS) is 1. The number of esters is 2. The highest BCUT2D eigenvalue weighted by Gasteiger charge is 2.22. The minimum Gasteiger partial charge on any atom is -0.545 e. The van der Waals surface area contributed by atoms with Gasteiger partial charge in [-0.1, -0.05) is 343 Å². The number of rotatable bonds is 69. The van der Waals surface area contributed by atoms with E-state index in [1.165, 1.54) is 225 Å². The molecule has 9 nitrogen and oxygen atoms in total. The van der Waals surface area contributed by atoms with E-state index < -0.39 is 24.3 Å². The molecule has 0 rings (SSSR count). The lowest BCUT2D eigenvalue weighted by Gasteiger charge is -2.26. The Kier molecular flexibility index (Phi) is 66.6. The second-order valence-electron chi connectivity index (χ2n) is 26.2. The standard InChI is InChI=1S/C79H141NO8/c1-6-8-10-12-14-16-18-20-22-24-26-28-30-32-34-36-37-38-39-40-41-42-44-46-48-50-52-54-56-58-60-62-64-66-68-70-77(82)88-75(74-87-79(78(83)84)85-72-71-80(3,4)5)73-86-76(81)69-67-65-63-61-59-57-55-53-51-49-47-45-43-35-33-31-29-27-25-23-21-19-17-15-13-11-9-7-2/h8,10,14,16,20,22,26,28,32,34,37-38,40-41,75,79H,6-7,9,11-13,15,17-19,21,23-25,27,29-31,33,35-36,39,42-74H2,1-5H3/b10-8-,16-14-,22-20-,28-26-,34-32-,38-37-,41-40-. The summed E-state index contributed by atoms with van der Waals surface area (Å²) in [6.45, 7) is 4.68. The Hall–Kier alpha value is -3.53. The zero-order valence-electron chi connectivity index (χ0n) is 58.3. The lowest BCUT2D eigenvalue weighted by molar-refractivity contribution is -0.870. The average molecular weight is 1230 g/mol. The predicted octanol–water partition coefficient (Wildman–Crippen LogP) is 22.1. The van der Waals surface area contributed by atoms with Crippen LogP contribution in [0.3, 0.4) is 0 Å². The van der Waals surface area contributed by atoms with Gasteiger partial charge in [0.1, 0.15) is 13.2 Å². The van der Waals surface area contributed by atoms with E-state index >= 15 is 0 Å². The smallest absolute Gasteiger partial charge is 0.306 e. The number of carboxylic acids is 1. The van der Waals surface area contributed by atoms with Gasteiger partial charge in [-0.25, -0.2) is 0 Å². The molecule has 0 fully saturated rings. The highest BCUT2D eigenvalue weighted by atomic mass is 16.7. The third-order valence-electron chi connectivity index (χ3n) is 16.4. The molecule has 0 aromatic carbocycles. The quantitative estimate of drug-likeness (QED) is 0.0195. The van der Waals surface area contributed by atoms with Crippen LogP contribution in [0.15, 0.2) is 85.1 Å². The van der Waals surface area contributed by atoms with E-state index in [-0.39, 0.29) is 32.2 Å². The minimum atomic E-state index is -1.62. The lowest BCUT2D eigenvalue weighted by atomic mass is 10.0. The molecule has 9 heteroatoms. The summed E-state index contributed by atoms with van der Waals surface area (Å²) in [6, 6.07) is 0. The highest BCUT2D eigenvalue weighted by molar-refractivity contribution is 5.70. The van der Waals surface area contributed by atoms with Gasteiger partial charge >= 0.3 is 11.9 Å². The van der Waals surface area contributed by atoms with E-state index in [0.29, 0.717) is 23.9 Å². The van der Waals surface area contributed by atoms with E-state index in [1.807, 2.05) is 21.1 Å². The van der Waals surface area contributed by atoms with E-state index in [2.05, 4.69) is 98.9 Å². The molecule has 0 saturated carbocycles. The number of unbranched alkanes of at least 4 members (excludes halogenated alkanes) is 40. The molecule has 0 radical (unpaired) electrons. The minimum absolute atomic E-state index is 0.147. The third-order valence-corrected chi connectivity index (χ3v) is 16.4. The number of quaternary nitrogens is 1. The molecule has 2 atom stereocenters. The monoisotopic (exact) mass is 1230 g/mol. The zero-order chi connectivity index (χ0) is 64.0. The summed E-state index contributed by atoms with van der Waals surface area (Å²) in [5.74, 6) is -2.27. The van der Waals surface area contributed by atoms with Crippen molar-refractivity contribution < 1.29 is 42.9 Å². The SMILES string of the molecule is CC/C=C\C/C=C\C/C=C\C/C=C\C/C=C\C/C=C\C/C=C\CCCCCCCCCCCCCCCC(=O)OC(COC(=O)CCCCCCCCCCCCCCCCCCCCCCCCCCCCCC)COC(OCC[N+](C)(C)C)C(=O)[O-]. The molecule has 510 valence electrons. The second kappa shape index (κ2) is 69.4. The number of allylic oxidation sites excluding steroid dienone is 14. The van der Waals surface area contributed by atoms with E-state index in [1.54, 1.807) is 0 Å². The molecule has 0 heterocycles. The van der Waals surface area contributed by atoms with Gasteiger partial charge in [0.05, 0.1) is 40.3 Å². The summed E-state index contributed by atoms with van der Waals surface area (Å²) in [5.41, 5.74) is 0. The maximum absolute atomic E-state index is 13.0. The van der Waals surface area contributed by atoms with Crippen molar-refractivity contribution in [3.63, 3.8) is 0 Å². The van der Waals surface area contributed by atoms with Crippen molar-refractivity contribution in [1.29, 1.82) is 0 Å². The van der Waals surface area contributed by atoms with Crippen molar-refractivity contribution in [2.75, 3.05) is 47.5 Å². The molecular weight excluding hydrogens is 1090 g/mol. The maximum Gasteiger partial charge on any atom is 0.306 e. The van der Waals surface area contributed by atoms with Crippen molar-refractivity contribution in [1.82, 2.24) is 0 Å². The summed E-state index contributed by atoms with van der Waals surface area (Å²) in [6.07, 6.45) is 91.1. The largest absolute Gasteiger partial charge is 0.545 e. The van der Waals surface area contributed by atoms with Crippen LogP contribution in [0.2, 0.25) is 0 Å². The number of likely N-dealkylation sites (N-methyl/N-ethyl adjacent to an activating group) is 1. The molecule has 0 aromatic heterocycles. The van der Waals surface area contributed by atoms with Gasteiger partial charge in [-0.15, -0.1) is 0 Å². The number of carbonyl (C=O) groups excluding carboxylic acids is 3. The van der Waals surface area contributed by atoms with Crippen LogP contribution >= 0.6 is 0 Å². The topological polar surface area (TPSA) is 111 Å². The van der Waals surface area contributed by atoms with E-state index in [0.717, 1.165) is 83.5 Å². The number of hydrogen-bond donors (Lipinski definition) is 0. The first-order valence-electron chi connectivity index (χ1n) is 37.2. The Morgan fingerprint density at radius 2 is 0.648 bits per heavy atom. The fraction of sp³-hybridized carbons (Fsp3) is 0.785. The predicted molar refractivity (Wildman–Crippen MR) is 375 cm³/mol. The molecule has 0 aliphatic rings. The van der Waals surface area contributed by atoms with Gasteiger partial charge in [0.15, 0.2) is 12.4 Å². The van der Waals surface area contributed by atoms with Gasteiger partial charge in [0, 0.05) is 12.8 Å². The van der Waals surface area contributed by atoms with Crippen LogP contribution in [0.4, 0.5) is 0 Å². The van der Waals surface area contributed by atoms with Gasteiger partial charge in [-0.3, -0.25) is 9.59 Å². The van der Waals surface area contributed by atoms with Crippen LogP contribution < -0.4 is 5.11 Å². The first-order valence-corrected chi connectivity index (χ1v) is 37.2. The van der Waals surface area contributed by atoms with Crippen LogP contribution in [0.25, 0.3) is 0 Å². The summed E-state index contributed by atoms with van der Waals surface area (Å²) < 4.78 is 22.8. The molecule has 0 aliphatic heterocycles. The molecule has 0 bridgehead atoms. The van der Waals surface area contributed by atoms with Gasteiger partial charge in [-0.2, -0.15) is 0 Å². The normalized spacial score (nSPS) is 13.1. The Labute approximate surface area is 544 Å². The molecule has 0 N–H and O–H groups in total. The molecule has 88 heavy (non-hydrogen) atoms. The number of aliphatic carboxylic acids is 1. The van der Waals surface area contributed by atoms with Crippen molar-refractivity contribution in [2.24, 2.45) is 0 Å². The molecule has 0 saturated heterocycles. The van der Waals surface area contributed by atoms with Crippen molar-refractivity contribution in [3.05, 3.63) is 85.1 Å². The maximum atomic E-state index is 13.0. The van der Waals surface area contributed by atoms with Gasteiger partial charge in [0.2, 0.25) is 0 Å². The molecule has 2 unspecified atom stereocenters. The van der Waals surface area contributed by atoms with E-state index in [4.69, 9.17) is 18.9 Å². The molecule has 0 amide bonds. The number of ether oxygens (including phenoxy) is 4. The highest BCUT2D eigenvalue weighted by Crippen LogP contribution is 2.19. The second-order valence-corrected chi connectivity index (χ2v) is 26.2. The molecule has 0 spiro atoms. The third kappa shape index (κ3) is 69.9. The molecule has 0 aliphatic carbocycles. The zero-order valence-corrected chi connectivity index (χ0v) is 58.3. The first-order chi connectivity index (χ1) is 43.1. The Morgan fingerprint density at radius 1 is 0.352 bits per heavy atom. The van der Waals surface area contributed by atoms with Gasteiger partial charge < -0.3 is 33.3 Å². The van der Waals surface area contributed by atoms with Gasteiger partial charge in [-0.05, 0) is 70.6 Å². The van der Waals surface area contributed by atoms with E-state index in [9.17, 15) is 19.5 Å². The van der Waals surface area contributed by atoms with Crippen LogP contribution in [0, 0.1) is 0 Å². The van der Waals surface area contributed by atoms with Crippen molar-refractivity contribution in [3.8, 4) is 0 Å². The Bertz CT molecular complexity index is 1720. The fourth-order valence-electron chi connectivity index (χ4n) is 10.8. The van der Waals surface area contributed by atoms with Crippen molar-refractivity contribution in [2.45, 2.75) is 354 Å². The Balaban J connectivity index is 4.07. The summed E-state index contributed by atoms with van der Waals surface area (Å²) in [4.78, 5) is 37.5. The summed E-state index contributed by atoms with van der Waals surface area (Å²) in [5, 5.41) is 11.8. The molecule has 0 aromatic rings. The van der Waals surface area contributed by atoms with Crippen LogP contribution in [-0.4, -0.2) is 82.3 Å². The number of carbonyl (C=O) groups is 3. The first kappa shape index (κ1) is 84.5. The summed E-state index contributed by atoms with van der Waals surface area (Å²) in [7, 11) is 5.94. The number of hydrogen-bond acceptors (Lipinski definition) is 8. The van der Waals surface area contributed by atoms with Crippen LogP contribution in [-0.2, 0) is 33.3 Å².